The molecule has 5 N–H and O–H groups in total. The van der Waals surface area contributed by atoms with Gasteiger partial charge in [-0.25, -0.2) is 15.0 Å². The van der Waals surface area contributed by atoms with Crippen LogP contribution in [0.2, 0.25) is 0 Å². The highest BCUT2D eigenvalue weighted by molar-refractivity contribution is 5.82. The number of hydrogen-bond acceptors (Lipinski definition) is 9. The molecule has 0 radical (unpaired) electrons. The molecule has 4 rings (SSSR count). The molecule has 0 amide bonds. The summed E-state index contributed by atoms with van der Waals surface area (Å²) in [6.45, 7) is -0.400. The zero-order valence-electron chi connectivity index (χ0n) is 15.6. The van der Waals surface area contributed by atoms with Crippen LogP contribution < -0.4 is 5.32 Å². The molecular weight excluding hydrogens is 366 g/mol. The SMILES string of the molecule is OC[C@H]1O[C@@H](n2cnc3c(N[C@@H]4CCCCCC[C@H]4O)ncnc32)[C@H](O)[C@@H]1O. The molecule has 1 saturated carbocycles. The van der Waals surface area contributed by atoms with E-state index in [9.17, 15) is 20.4 Å². The Kier molecular flexibility index (Phi) is 5.74. The highest BCUT2D eigenvalue weighted by atomic mass is 16.6. The van der Waals surface area contributed by atoms with Crippen LogP contribution >= 0.6 is 0 Å². The van der Waals surface area contributed by atoms with Gasteiger partial charge in [-0.15, -0.1) is 0 Å². The number of anilines is 1. The molecular formula is C18H27N5O5. The summed E-state index contributed by atoms with van der Waals surface area (Å²) < 4.78 is 7.11. The first-order valence-electron chi connectivity index (χ1n) is 9.84. The molecule has 0 bridgehead atoms. The van der Waals surface area contributed by atoms with Gasteiger partial charge in [0, 0.05) is 0 Å². The second-order valence-electron chi connectivity index (χ2n) is 7.58. The van der Waals surface area contributed by atoms with Crippen LogP contribution in [-0.2, 0) is 4.74 Å². The molecule has 1 saturated heterocycles. The first kappa shape index (κ1) is 19.5. The van der Waals surface area contributed by atoms with Crippen molar-refractivity contribution in [1.29, 1.82) is 0 Å². The van der Waals surface area contributed by atoms with Crippen molar-refractivity contribution in [3.8, 4) is 0 Å². The minimum absolute atomic E-state index is 0.113. The van der Waals surface area contributed by atoms with Gasteiger partial charge in [-0.2, -0.15) is 0 Å². The summed E-state index contributed by atoms with van der Waals surface area (Å²) in [5.74, 6) is 0.514. The third-order valence-corrected chi connectivity index (χ3v) is 5.70. The number of hydrogen-bond donors (Lipinski definition) is 5. The monoisotopic (exact) mass is 393 g/mol. The van der Waals surface area contributed by atoms with Gasteiger partial charge in [0.2, 0.25) is 0 Å². The van der Waals surface area contributed by atoms with E-state index in [4.69, 9.17) is 4.74 Å². The molecule has 1 aliphatic carbocycles. The first-order valence-corrected chi connectivity index (χ1v) is 9.84. The van der Waals surface area contributed by atoms with Crippen LogP contribution in [0.15, 0.2) is 12.7 Å². The average Bonchev–Trinajstić information content (AvgIpc) is 3.23. The van der Waals surface area contributed by atoms with Gasteiger partial charge in [-0.05, 0) is 12.8 Å². The molecule has 2 fully saturated rings. The Hall–Kier alpha value is -1.85. The van der Waals surface area contributed by atoms with E-state index in [2.05, 4.69) is 20.3 Å². The van der Waals surface area contributed by atoms with Crippen LogP contribution in [-0.4, -0.2) is 77.0 Å². The van der Waals surface area contributed by atoms with E-state index in [-0.39, 0.29) is 6.04 Å². The number of nitrogens with zero attached hydrogens (tertiary/aromatic N) is 4. The third kappa shape index (κ3) is 3.58. The van der Waals surface area contributed by atoms with Gasteiger partial charge in [0.1, 0.15) is 24.6 Å². The summed E-state index contributed by atoms with van der Waals surface area (Å²) in [5, 5.41) is 43.4. The Morgan fingerprint density at radius 3 is 2.57 bits per heavy atom. The summed E-state index contributed by atoms with van der Waals surface area (Å²) in [4.78, 5) is 12.9. The van der Waals surface area contributed by atoms with Crippen LogP contribution in [0.1, 0.15) is 44.8 Å². The number of aromatic nitrogens is 4. The van der Waals surface area contributed by atoms with Gasteiger partial charge in [-0.1, -0.05) is 25.7 Å². The Labute approximate surface area is 162 Å². The number of imidazole rings is 1. The van der Waals surface area contributed by atoms with Crippen LogP contribution in [0.3, 0.4) is 0 Å². The van der Waals surface area contributed by atoms with Crippen LogP contribution in [0, 0.1) is 0 Å². The van der Waals surface area contributed by atoms with Crippen molar-refractivity contribution in [2.75, 3.05) is 11.9 Å². The number of fused-ring (bicyclic) bond motifs is 1. The second-order valence-corrected chi connectivity index (χ2v) is 7.58. The molecule has 2 aromatic heterocycles. The van der Waals surface area contributed by atoms with E-state index in [0.29, 0.717) is 17.0 Å². The third-order valence-electron chi connectivity index (χ3n) is 5.70. The minimum atomic E-state index is -1.21. The van der Waals surface area contributed by atoms with Crippen molar-refractivity contribution in [3.05, 3.63) is 12.7 Å². The molecule has 6 atom stereocenters. The van der Waals surface area contributed by atoms with Gasteiger partial charge >= 0.3 is 0 Å². The van der Waals surface area contributed by atoms with E-state index in [0.717, 1.165) is 38.5 Å². The van der Waals surface area contributed by atoms with Crippen LogP contribution in [0.5, 0.6) is 0 Å². The molecule has 3 heterocycles. The van der Waals surface area contributed by atoms with Gasteiger partial charge in [0.25, 0.3) is 0 Å². The van der Waals surface area contributed by atoms with Crippen molar-refractivity contribution >= 4 is 17.0 Å². The zero-order chi connectivity index (χ0) is 19.7. The van der Waals surface area contributed by atoms with Crippen LogP contribution in [0.25, 0.3) is 11.2 Å². The maximum Gasteiger partial charge on any atom is 0.167 e. The summed E-state index contributed by atoms with van der Waals surface area (Å²) in [6, 6.07) is -0.113. The fourth-order valence-electron chi connectivity index (χ4n) is 4.06. The lowest BCUT2D eigenvalue weighted by molar-refractivity contribution is -0.0511. The van der Waals surface area contributed by atoms with Crippen molar-refractivity contribution in [2.24, 2.45) is 0 Å². The Bertz CT molecular complexity index is 802. The number of rotatable bonds is 4. The van der Waals surface area contributed by atoms with E-state index < -0.39 is 37.3 Å². The lowest BCUT2D eigenvalue weighted by atomic mass is 9.94. The number of aliphatic hydroxyl groups is 4. The van der Waals surface area contributed by atoms with Crippen molar-refractivity contribution in [2.45, 2.75) is 75.2 Å². The fourth-order valence-corrected chi connectivity index (χ4v) is 4.06. The first-order chi connectivity index (χ1) is 13.6. The molecule has 1 aliphatic heterocycles. The fraction of sp³-hybridized carbons (Fsp3) is 0.722. The summed E-state index contributed by atoms with van der Waals surface area (Å²) >= 11 is 0. The molecule has 10 nitrogen and oxygen atoms in total. The van der Waals surface area contributed by atoms with Crippen molar-refractivity contribution in [3.63, 3.8) is 0 Å². The van der Waals surface area contributed by atoms with Gasteiger partial charge in [-0.3, -0.25) is 4.57 Å². The molecule has 0 unspecified atom stereocenters. The zero-order valence-corrected chi connectivity index (χ0v) is 15.6. The summed E-state index contributed by atoms with van der Waals surface area (Å²) in [6.07, 6.45) is 4.18. The maximum atomic E-state index is 10.5. The van der Waals surface area contributed by atoms with Gasteiger partial charge in [0.05, 0.1) is 25.1 Å². The normalized spacial score (nSPS) is 34.3. The van der Waals surface area contributed by atoms with Crippen LogP contribution in [0.4, 0.5) is 5.82 Å². The largest absolute Gasteiger partial charge is 0.394 e. The molecule has 154 valence electrons. The maximum absolute atomic E-state index is 10.5. The van der Waals surface area contributed by atoms with E-state index in [1.807, 2.05) is 0 Å². The quantitative estimate of drug-likeness (QED) is 0.482. The molecule has 0 aromatic carbocycles. The number of nitrogens with one attached hydrogen (secondary N) is 1. The lowest BCUT2D eigenvalue weighted by Crippen LogP contribution is -2.34. The molecule has 2 aliphatic rings. The van der Waals surface area contributed by atoms with E-state index in [1.54, 1.807) is 0 Å². The average molecular weight is 393 g/mol. The predicted octanol–water partition coefficient (Wildman–Crippen LogP) is -0.0666. The Morgan fingerprint density at radius 2 is 1.82 bits per heavy atom. The summed E-state index contributed by atoms with van der Waals surface area (Å²) in [7, 11) is 0. The second kappa shape index (κ2) is 8.26. The lowest BCUT2D eigenvalue weighted by Gasteiger charge is -2.26. The Morgan fingerprint density at radius 1 is 1.04 bits per heavy atom. The van der Waals surface area contributed by atoms with E-state index >= 15 is 0 Å². The van der Waals surface area contributed by atoms with E-state index in [1.165, 1.54) is 17.2 Å². The number of aliphatic hydroxyl groups excluding tert-OH is 4. The molecule has 0 spiro atoms. The topological polar surface area (TPSA) is 146 Å². The predicted molar refractivity (Wildman–Crippen MR) is 99.5 cm³/mol. The van der Waals surface area contributed by atoms with Gasteiger partial charge in [0.15, 0.2) is 23.2 Å². The minimum Gasteiger partial charge on any atom is -0.394 e. The standard InChI is InChI=1S/C18H27N5O5/c24-7-12-14(26)15(27)18(28-12)23-9-21-13-16(19-8-20-17(13)23)22-10-5-3-1-2-4-6-11(10)25/h8-12,14-15,18,24-27H,1-7H2,(H,19,20,22)/t10-,11-,12-,14-,15-,18-/m1/s1. The highest BCUT2D eigenvalue weighted by Crippen LogP contribution is 2.32. The molecule has 10 heteroatoms. The highest BCUT2D eigenvalue weighted by Gasteiger charge is 2.44. The number of ether oxygens (including phenoxy) is 1. The van der Waals surface area contributed by atoms with Crippen molar-refractivity contribution in [1.82, 2.24) is 19.5 Å². The smallest absolute Gasteiger partial charge is 0.167 e. The molecule has 28 heavy (non-hydrogen) atoms. The molecule has 2 aromatic rings. The van der Waals surface area contributed by atoms with Crippen molar-refractivity contribution < 1.29 is 25.2 Å². The Balaban J connectivity index is 1.60. The summed E-state index contributed by atoms with van der Waals surface area (Å²) in [5.41, 5.74) is 0.933. The van der Waals surface area contributed by atoms with Gasteiger partial charge < -0.3 is 30.5 Å².